The maximum absolute atomic E-state index is 6.23. The van der Waals surface area contributed by atoms with Crippen molar-refractivity contribution in [3.05, 3.63) is 65.7 Å². The maximum Gasteiger partial charge on any atom is 0.0476 e. The summed E-state index contributed by atoms with van der Waals surface area (Å²) >= 11 is 0. The SMILES string of the molecule is NC1CN(c2ccccc2)Cc2ccccc21. The van der Waals surface area contributed by atoms with Gasteiger partial charge in [0.05, 0.1) is 0 Å². The quantitative estimate of drug-likeness (QED) is 0.807. The van der Waals surface area contributed by atoms with Gasteiger partial charge in [-0.15, -0.1) is 0 Å². The zero-order valence-corrected chi connectivity index (χ0v) is 9.71. The Morgan fingerprint density at radius 2 is 1.65 bits per heavy atom. The molecule has 2 aromatic rings. The zero-order chi connectivity index (χ0) is 11.7. The highest BCUT2D eigenvalue weighted by Gasteiger charge is 2.21. The molecule has 1 unspecified atom stereocenters. The van der Waals surface area contributed by atoms with Crippen molar-refractivity contribution in [3.8, 4) is 0 Å². The summed E-state index contributed by atoms with van der Waals surface area (Å²) in [6, 6.07) is 19.0. The van der Waals surface area contributed by atoms with Crippen LogP contribution in [0.1, 0.15) is 17.2 Å². The van der Waals surface area contributed by atoms with Gasteiger partial charge in [0.1, 0.15) is 0 Å². The first-order chi connectivity index (χ1) is 8.34. The van der Waals surface area contributed by atoms with Crippen LogP contribution in [0.4, 0.5) is 5.69 Å². The standard InChI is InChI=1S/C15H16N2/c16-15-11-17(13-7-2-1-3-8-13)10-12-6-4-5-9-14(12)15/h1-9,15H,10-11,16H2. The molecule has 2 N–H and O–H groups in total. The van der Waals surface area contributed by atoms with Crippen LogP contribution in [-0.4, -0.2) is 6.54 Å². The van der Waals surface area contributed by atoms with Gasteiger partial charge in [-0.1, -0.05) is 42.5 Å². The second kappa shape index (κ2) is 4.22. The third-order valence-electron chi connectivity index (χ3n) is 3.35. The number of rotatable bonds is 1. The lowest BCUT2D eigenvalue weighted by molar-refractivity contribution is 0.619. The van der Waals surface area contributed by atoms with Crippen LogP contribution in [0.5, 0.6) is 0 Å². The fourth-order valence-corrected chi connectivity index (χ4v) is 2.48. The highest BCUT2D eigenvalue weighted by Crippen LogP contribution is 2.28. The van der Waals surface area contributed by atoms with Crippen molar-refractivity contribution in [3.63, 3.8) is 0 Å². The highest BCUT2D eigenvalue weighted by molar-refractivity contribution is 5.50. The number of benzene rings is 2. The summed E-state index contributed by atoms with van der Waals surface area (Å²) in [7, 11) is 0. The van der Waals surface area contributed by atoms with Crippen molar-refractivity contribution in [2.75, 3.05) is 11.4 Å². The summed E-state index contributed by atoms with van der Waals surface area (Å²) in [4.78, 5) is 2.34. The minimum atomic E-state index is 0.111. The number of fused-ring (bicyclic) bond motifs is 1. The first-order valence-electron chi connectivity index (χ1n) is 5.98. The molecule has 0 spiro atoms. The van der Waals surface area contributed by atoms with Crippen LogP contribution in [0.3, 0.4) is 0 Å². The van der Waals surface area contributed by atoms with Crippen LogP contribution in [0.25, 0.3) is 0 Å². The molecule has 0 saturated heterocycles. The summed E-state index contributed by atoms with van der Waals surface area (Å²) in [6.45, 7) is 1.84. The monoisotopic (exact) mass is 224 g/mol. The number of hydrogen-bond acceptors (Lipinski definition) is 2. The molecule has 0 aliphatic carbocycles. The summed E-state index contributed by atoms with van der Waals surface area (Å²) in [5.74, 6) is 0. The molecule has 0 radical (unpaired) electrons. The number of hydrogen-bond donors (Lipinski definition) is 1. The largest absolute Gasteiger partial charge is 0.365 e. The van der Waals surface area contributed by atoms with Gasteiger partial charge in [-0.05, 0) is 23.3 Å². The number of nitrogens with zero attached hydrogens (tertiary/aromatic N) is 1. The predicted octanol–water partition coefficient (Wildman–Crippen LogP) is 2.71. The topological polar surface area (TPSA) is 29.3 Å². The fourth-order valence-electron chi connectivity index (χ4n) is 2.48. The predicted molar refractivity (Wildman–Crippen MR) is 70.9 cm³/mol. The molecule has 3 rings (SSSR count). The molecule has 2 aromatic carbocycles. The normalized spacial score (nSPS) is 18.9. The average Bonchev–Trinajstić information content (AvgIpc) is 2.40. The van der Waals surface area contributed by atoms with Crippen LogP contribution in [0.2, 0.25) is 0 Å². The van der Waals surface area contributed by atoms with Gasteiger partial charge in [0, 0.05) is 24.8 Å². The molecule has 0 fully saturated rings. The number of para-hydroxylation sites is 1. The van der Waals surface area contributed by atoms with E-state index in [4.69, 9.17) is 5.73 Å². The van der Waals surface area contributed by atoms with Crippen LogP contribution in [-0.2, 0) is 6.54 Å². The molecule has 0 bridgehead atoms. The molecule has 1 atom stereocenters. The van der Waals surface area contributed by atoms with Crippen LogP contribution in [0, 0.1) is 0 Å². The Bertz CT molecular complexity index is 507. The second-order valence-corrected chi connectivity index (χ2v) is 4.52. The molecule has 0 amide bonds. The molecule has 0 aromatic heterocycles. The van der Waals surface area contributed by atoms with E-state index < -0.39 is 0 Å². The molecular weight excluding hydrogens is 208 g/mol. The van der Waals surface area contributed by atoms with Gasteiger partial charge >= 0.3 is 0 Å². The minimum Gasteiger partial charge on any atom is -0.365 e. The summed E-state index contributed by atoms with van der Waals surface area (Å²) in [5, 5.41) is 0. The molecule has 1 heterocycles. The molecule has 1 aliphatic heterocycles. The Labute approximate surface area is 102 Å². The van der Waals surface area contributed by atoms with Crippen LogP contribution in [0.15, 0.2) is 54.6 Å². The van der Waals surface area contributed by atoms with E-state index in [0.717, 1.165) is 13.1 Å². The Balaban J connectivity index is 1.94. The maximum atomic E-state index is 6.23. The second-order valence-electron chi connectivity index (χ2n) is 4.52. The van der Waals surface area contributed by atoms with Crippen molar-refractivity contribution in [2.45, 2.75) is 12.6 Å². The smallest absolute Gasteiger partial charge is 0.0476 e. The Morgan fingerprint density at radius 1 is 0.941 bits per heavy atom. The van der Waals surface area contributed by atoms with Gasteiger partial charge in [-0.3, -0.25) is 0 Å². The highest BCUT2D eigenvalue weighted by atomic mass is 15.1. The summed E-state index contributed by atoms with van der Waals surface area (Å²) in [5.41, 5.74) is 10.1. The third-order valence-corrected chi connectivity index (χ3v) is 3.35. The van der Waals surface area contributed by atoms with E-state index in [1.165, 1.54) is 16.8 Å². The van der Waals surface area contributed by atoms with Gasteiger partial charge in [-0.2, -0.15) is 0 Å². The lowest BCUT2D eigenvalue weighted by Gasteiger charge is -2.34. The lowest BCUT2D eigenvalue weighted by atomic mass is 9.96. The summed E-state index contributed by atoms with van der Waals surface area (Å²) < 4.78 is 0. The van der Waals surface area contributed by atoms with E-state index in [2.05, 4.69) is 53.4 Å². The van der Waals surface area contributed by atoms with Gasteiger partial charge in [0.2, 0.25) is 0 Å². The number of anilines is 1. The average molecular weight is 224 g/mol. The Kier molecular flexibility index (Phi) is 2.57. The lowest BCUT2D eigenvalue weighted by Crippen LogP contribution is -2.37. The Morgan fingerprint density at radius 3 is 2.47 bits per heavy atom. The van der Waals surface area contributed by atoms with E-state index in [0.29, 0.717) is 0 Å². The molecule has 1 aliphatic rings. The first-order valence-corrected chi connectivity index (χ1v) is 5.98. The first kappa shape index (κ1) is 10.4. The van der Waals surface area contributed by atoms with E-state index in [1.807, 2.05) is 6.07 Å². The van der Waals surface area contributed by atoms with E-state index >= 15 is 0 Å². The van der Waals surface area contributed by atoms with Crippen molar-refractivity contribution in [2.24, 2.45) is 5.73 Å². The van der Waals surface area contributed by atoms with Gasteiger partial charge in [-0.25, -0.2) is 0 Å². The molecular formula is C15H16N2. The van der Waals surface area contributed by atoms with E-state index in [9.17, 15) is 0 Å². The van der Waals surface area contributed by atoms with E-state index in [1.54, 1.807) is 0 Å². The van der Waals surface area contributed by atoms with Crippen LogP contribution >= 0.6 is 0 Å². The third kappa shape index (κ3) is 1.92. The molecule has 17 heavy (non-hydrogen) atoms. The van der Waals surface area contributed by atoms with Crippen molar-refractivity contribution < 1.29 is 0 Å². The minimum absolute atomic E-state index is 0.111. The van der Waals surface area contributed by atoms with E-state index in [-0.39, 0.29) is 6.04 Å². The van der Waals surface area contributed by atoms with Crippen LogP contribution < -0.4 is 10.6 Å². The van der Waals surface area contributed by atoms with Crippen molar-refractivity contribution in [1.29, 1.82) is 0 Å². The van der Waals surface area contributed by atoms with Crippen molar-refractivity contribution >= 4 is 5.69 Å². The molecule has 2 nitrogen and oxygen atoms in total. The Hall–Kier alpha value is -1.80. The molecule has 0 saturated carbocycles. The molecule has 86 valence electrons. The summed E-state index contributed by atoms with van der Waals surface area (Å²) in [6.07, 6.45) is 0. The zero-order valence-electron chi connectivity index (χ0n) is 9.71. The van der Waals surface area contributed by atoms with Crippen molar-refractivity contribution in [1.82, 2.24) is 0 Å². The number of nitrogens with two attached hydrogens (primary N) is 1. The van der Waals surface area contributed by atoms with Gasteiger partial charge in [0.25, 0.3) is 0 Å². The van der Waals surface area contributed by atoms with Gasteiger partial charge in [0.15, 0.2) is 0 Å². The fraction of sp³-hybridized carbons (Fsp3) is 0.200. The molecule has 2 heteroatoms. The van der Waals surface area contributed by atoms with Gasteiger partial charge < -0.3 is 10.6 Å².